The molecular formula is C50H89O11P. The molecule has 0 aromatic rings. The quantitative estimate of drug-likeness (QED) is 0.0197. The van der Waals surface area contributed by atoms with Crippen molar-refractivity contribution in [1.82, 2.24) is 0 Å². The minimum absolute atomic E-state index is 0.147. The van der Waals surface area contributed by atoms with Crippen LogP contribution in [0.2, 0.25) is 0 Å². The summed E-state index contributed by atoms with van der Waals surface area (Å²) >= 11 is 0. The predicted molar refractivity (Wildman–Crippen MR) is 252 cm³/mol. The molecule has 0 bridgehead atoms. The highest BCUT2D eigenvalue weighted by Crippen LogP contribution is 2.43. The first-order valence-corrected chi connectivity index (χ1v) is 26.0. The van der Waals surface area contributed by atoms with Crippen LogP contribution in [0.4, 0.5) is 0 Å². The molecule has 0 aliphatic heterocycles. The second kappa shape index (κ2) is 45.0. The molecule has 12 heteroatoms. The highest BCUT2D eigenvalue weighted by molar-refractivity contribution is 7.47. The van der Waals surface area contributed by atoms with Crippen LogP contribution in [-0.4, -0.2) is 66.5 Å². The Morgan fingerprint density at radius 1 is 0.468 bits per heavy atom. The van der Waals surface area contributed by atoms with Crippen LogP contribution < -0.4 is 0 Å². The van der Waals surface area contributed by atoms with E-state index >= 15 is 0 Å². The van der Waals surface area contributed by atoms with Gasteiger partial charge < -0.3 is 24.2 Å². The number of carbonyl (C=O) groups excluding carboxylic acids is 3. The minimum atomic E-state index is -4.74. The number of hydrogen-bond acceptors (Lipinski definition) is 10. The Kier molecular flexibility index (Phi) is 43.2. The van der Waals surface area contributed by atoms with Crippen LogP contribution in [0.25, 0.3) is 0 Å². The maximum Gasteiger partial charge on any atom is 0.472 e. The normalized spacial score (nSPS) is 14.0. The van der Waals surface area contributed by atoms with E-state index in [1.807, 2.05) is 0 Å². The smallest absolute Gasteiger partial charge is 0.462 e. The predicted octanol–water partition coefficient (Wildman–Crippen LogP) is 13.5. The van der Waals surface area contributed by atoms with E-state index in [-0.39, 0.29) is 25.9 Å². The standard InChI is InChI=1S/C50H89O11P/c1-4-7-10-13-16-19-21-22-23-24-26-29-32-35-38-41-50(54)61-47(43-57-48(52)39-36-33-30-28-25-20-17-14-11-8-5-2)45-59-62(55,56)58-44-46(42-51)60-49(53)40-37-34-31-27-18-15-12-9-6-3/h7,10,14,16-17,19,22-23,46-47,51H,4-6,8-9,11-13,15,18,20-21,24-45H2,1-3H3,(H,55,56)/b10-7-,17-14-,19-16-,23-22-. The van der Waals surface area contributed by atoms with Crippen LogP contribution in [0.15, 0.2) is 48.6 Å². The van der Waals surface area contributed by atoms with Crippen molar-refractivity contribution in [2.75, 3.05) is 26.4 Å². The summed E-state index contributed by atoms with van der Waals surface area (Å²) in [5.74, 6) is -1.50. The van der Waals surface area contributed by atoms with Gasteiger partial charge in [-0.3, -0.25) is 23.4 Å². The second-order valence-electron chi connectivity index (χ2n) is 16.2. The van der Waals surface area contributed by atoms with E-state index in [0.29, 0.717) is 19.3 Å². The summed E-state index contributed by atoms with van der Waals surface area (Å²) in [7, 11) is -4.74. The summed E-state index contributed by atoms with van der Waals surface area (Å²) in [5, 5.41) is 9.72. The van der Waals surface area contributed by atoms with Crippen LogP contribution in [0, 0.1) is 0 Å². The number of ether oxygens (including phenoxy) is 3. The van der Waals surface area contributed by atoms with Crippen molar-refractivity contribution in [1.29, 1.82) is 0 Å². The third-order valence-corrected chi connectivity index (χ3v) is 11.2. The molecular weight excluding hydrogens is 808 g/mol. The van der Waals surface area contributed by atoms with Crippen molar-refractivity contribution < 1.29 is 52.2 Å². The summed E-state index contributed by atoms with van der Waals surface area (Å²) < 4.78 is 39.2. The van der Waals surface area contributed by atoms with E-state index in [0.717, 1.165) is 109 Å². The molecule has 3 unspecified atom stereocenters. The van der Waals surface area contributed by atoms with E-state index in [1.165, 1.54) is 44.9 Å². The summed E-state index contributed by atoms with van der Waals surface area (Å²) in [6, 6.07) is 0. The van der Waals surface area contributed by atoms with Gasteiger partial charge in [-0.15, -0.1) is 0 Å². The number of hydrogen-bond donors (Lipinski definition) is 2. The van der Waals surface area contributed by atoms with Gasteiger partial charge in [0.05, 0.1) is 19.8 Å². The van der Waals surface area contributed by atoms with Crippen LogP contribution >= 0.6 is 7.82 Å². The Bertz CT molecular complexity index is 1230. The molecule has 0 aliphatic carbocycles. The van der Waals surface area contributed by atoms with Gasteiger partial charge >= 0.3 is 25.7 Å². The van der Waals surface area contributed by atoms with Crippen molar-refractivity contribution in [3.63, 3.8) is 0 Å². The zero-order valence-electron chi connectivity index (χ0n) is 39.3. The molecule has 62 heavy (non-hydrogen) atoms. The third kappa shape index (κ3) is 42.7. The van der Waals surface area contributed by atoms with Gasteiger partial charge in [0, 0.05) is 19.3 Å². The van der Waals surface area contributed by atoms with Crippen LogP contribution in [0.5, 0.6) is 0 Å². The van der Waals surface area contributed by atoms with Crippen molar-refractivity contribution in [3.05, 3.63) is 48.6 Å². The molecule has 0 saturated carbocycles. The number of phosphoric ester groups is 1. The molecule has 0 aromatic carbocycles. The van der Waals surface area contributed by atoms with Gasteiger partial charge in [0.1, 0.15) is 12.7 Å². The highest BCUT2D eigenvalue weighted by Gasteiger charge is 2.28. The molecule has 0 aliphatic rings. The summed E-state index contributed by atoms with van der Waals surface area (Å²) in [6.45, 7) is 4.42. The zero-order valence-corrected chi connectivity index (χ0v) is 40.2. The Labute approximate surface area is 377 Å². The lowest BCUT2D eigenvalue weighted by atomic mass is 10.1. The van der Waals surface area contributed by atoms with E-state index < -0.39 is 57.8 Å². The van der Waals surface area contributed by atoms with E-state index in [1.54, 1.807) is 0 Å². The van der Waals surface area contributed by atoms with Crippen molar-refractivity contribution in [3.8, 4) is 0 Å². The van der Waals surface area contributed by atoms with Crippen molar-refractivity contribution >= 4 is 25.7 Å². The van der Waals surface area contributed by atoms with Gasteiger partial charge in [0.15, 0.2) is 6.10 Å². The molecule has 0 heterocycles. The average Bonchev–Trinajstić information content (AvgIpc) is 3.25. The number of unbranched alkanes of at least 4 members (excludes halogenated alkanes) is 20. The number of aliphatic hydroxyl groups is 1. The molecule has 0 radical (unpaired) electrons. The molecule has 0 spiro atoms. The van der Waals surface area contributed by atoms with E-state index in [2.05, 4.69) is 69.4 Å². The van der Waals surface area contributed by atoms with Gasteiger partial charge in [-0.1, -0.05) is 172 Å². The maximum atomic E-state index is 12.8. The lowest BCUT2D eigenvalue weighted by Crippen LogP contribution is -2.30. The summed E-state index contributed by atoms with van der Waals surface area (Å²) in [4.78, 5) is 48.1. The number of carbonyl (C=O) groups is 3. The SMILES string of the molecule is CC/C=C\C/C=C\C/C=C\CCCCCCCC(=O)OC(COC(=O)CCCCCCC/C=C\CCCC)COP(=O)(O)OCC(CO)OC(=O)CCCCCCCCCCC. The Morgan fingerprint density at radius 3 is 1.35 bits per heavy atom. The van der Waals surface area contributed by atoms with Gasteiger partial charge in [-0.05, 0) is 70.6 Å². The number of aliphatic hydroxyl groups excluding tert-OH is 1. The summed E-state index contributed by atoms with van der Waals surface area (Å²) in [5.41, 5.74) is 0. The van der Waals surface area contributed by atoms with Gasteiger partial charge in [-0.2, -0.15) is 0 Å². The molecule has 0 aromatic heterocycles. The first-order chi connectivity index (χ1) is 30.2. The Morgan fingerprint density at radius 2 is 0.855 bits per heavy atom. The van der Waals surface area contributed by atoms with Crippen LogP contribution in [0.1, 0.15) is 213 Å². The van der Waals surface area contributed by atoms with Crippen LogP contribution in [0.3, 0.4) is 0 Å². The first kappa shape index (κ1) is 59.4. The molecule has 0 rings (SSSR count). The lowest BCUT2D eigenvalue weighted by Gasteiger charge is -2.21. The second-order valence-corrected chi connectivity index (χ2v) is 17.7. The molecule has 2 N–H and O–H groups in total. The number of rotatable bonds is 45. The van der Waals surface area contributed by atoms with E-state index in [9.17, 15) is 28.9 Å². The zero-order chi connectivity index (χ0) is 45.6. The average molecular weight is 897 g/mol. The Balaban J connectivity index is 4.79. The topological polar surface area (TPSA) is 155 Å². The fourth-order valence-electron chi connectivity index (χ4n) is 6.47. The molecule has 0 amide bonds. The molecule has 0 fully saturated rings. The molecule has 360 valence electrons. The summed E-state index contributed by atoms with van der Waals surface area (Å²) in [6.07, 6.45) is 43.8. The number of esters is 3. The largest absolute Gasteiger partial charge is 0.472 e. The van der Waals surface area contributed by atoms with E-state index in [4.69, 9.17) is 23.3 Å². The fourth-order valence-corrected chi connectivity index (χ4v) is 7.25. The fraction of sp³-hybridized carbons (Fsp3) is 0.780. The van der Waals surface area contributed by atoms with Gasteiger partial charge in [0.25, 0.3) is 0 Å². The Hall–Kier alpha value is -2.56. The van der Waals surface area contributed by atoms with Crippen LogP contribution in [-0.2, 0) is 42.2 Å². The minimum Gasteiger partial charge on any atom is -0.462 e. The third-order valence-electron chi connectivity index (χ3n) is 10.2. The first-order valence-electron chi connectivity index (χ1n) is 24.5. The van der Waals surface area contributed by atoms with Crippen molar-refractivity contribution in [2.45, 2.75) is 226 Å². The monoisotopic (exact) mass is 897 g/mol. The van der Waals surface area contributed by atoms with Crippen molar-refractivity contribution in [2.24, 2.45) is 0 Å². The lowest BCUT2D eigenvalue weighted by molar-refractivity contribution is -0.161. The van der Waals surface area contributed by atoms with Gasteiger partial charge in [0.2, 0.25) is 0 Å². The number of phosphoric acid groups is 1. The molecule has 3 atom stereocenters. The highest BCUT2D eigenvalue weighted by atomic mass is 31.2. The molecule has 0 saturated heterocycles. The molecule has 11 nitrogen and oxygen atoms in total. The van der Waals surface area contributed by atoms with Gasteiger partial charge in [-0.25, -0.2) is 4.57 Å². The number of allylic oxidation sites excluding steroid dienone is 8. The maximum absolute atomic E-state index is 12.8.